The van der Waals surface area contributed by atoms with E-state index in [4.69, 9.17) is 14.2 Å². The topological polar surface area (TPSA) is 551 Å². The predicted octanol–water partition coefficient (Wildman–Crippen LogP) is -0.0546. The van der Waals surface area contributed by atoms with E-state index in [0.717, 1.165) is 32.4 Å². The maximum atomic E-state index is 13.9. The van der Waals surface area contributed by atoms with Gasteiger partial charge in [-0.15, -0.1) is 0 Å². The summed E-state index contributed by atoms with van der Waals surface area (Å²) in [4.78, 5) is 151. The first-order valence-electron chi connectivity index (χ1n) is 36.3. The van der Waals surface area contributed by atoms with Gasteiger partial charge >= 0.3 is 71.8 Å². The predicted molar refractivity (Wildman–Crippen MR) is 366 cm³/mol. The number of carbonyl (C=O) groups excluding carboxylic acids is 1. The first kappa shape index (κ1) is 88.6. The standard InChI is InChI=1S/C68H113N9O28/c1-41(10-13-54(80)81)45-11-12-46-63-47(30-53(79)68(45,46)3)67(2)15-14-44(26-42(67)27-50(63)78)105-66(102)71-43-28-51(103-39-69-16-6-4-8-48(64(98)99)76(22-18-72(31-55(82)83)32-56(84)85)23-19-73(33-57(86)87)34-58(88)89)52(29-43)104-40-70-17-7-5-9-49(65(100)101)77(24-20-74(35-59(90)91)36-60(92)93)25-21-75(37-61(94)95)38-62(96)97/h41-53,63,69-70,78-79H,4-40H2,1-3H3,(H,71,102)(H,80,81)(H,82,83)(H,84,85)(H,86,87)(H,88,89)(H,90,91)(H,92,93)(H,94,95)(H,96,97)(H,98,99)(H,100,101)/t41?,42-,43?,44+,45+,46?,47?,48-,49-,50+,51?,52?,53?,63?,67-,68+/m0/s1. The molecule has 15 atom stereocenters. The summed E-state index contributed by atoms with van der Waals surface area (Å²) in [6.07, 6.45) is 3.38. The number of carboxylic acid groups (broad SMARTS) is 11. The molecule has 0 spiro atoms. The number of aliphatic hydroxyl groups is 2. The third kappa shape index (κ3) is 28.6. The van der Waals surface area contributed by atoms with Crippen molar-refractivity contribution < 1.29 is 138 Å². The molecule has 0 aromatic carbocycles. The molecule has 0 radical (unpaired) electrons. The molecule has 0 aromatic heterocycles. The summed E-state index contributed by atoms with van der Waals surface area (Å²) in [5.41, 5.74) is -0.712. The number of carboxylic acids is 11. The summed E-state index contributed by atoms with van der Waals surface area (Å²) in [6.45, 7) is 0.0294. The van der Waals surface area contributed by atoms with E-state index in [1.165, 1.54) is 9.80 Å². The van der Waals surface area contributed by atoms with E-state index in [2.05, 4.69) is 36.7 Å². The van der Waals surface area contributed by atoms with Crippen LogP contribution < -0.4 is 16.0 Å². The number of hydrogen-bond donors (Lipinski definition) is 16. The van der Waals surface area contributed by atoms with Crippen LogP contribution in [0.1, 0.15) is 130 Å². The molecule has 5 rings (SSSR count). The van der Waals surface area contributed by atoms with E-state index in [1.807, 2.05) is 0 Å². The minimum Gasteiger partial charge on any atom is -0.481 e. The number of nitrogens with one attached hydrogen (secondary N) is 3. The Kier molecular flexibility index (Phi) is 36.3. The number of unbranched alkanes of at least 4 members (excludes halogenated alkanes) is 2. The lowest BCUT2D eigenvalue weighted by Gasteiger charge is -2.63. The van der Waals surface area contributed by atoms with Crippen molar-refractivity contribution >= 4 is 71.8 Å². The molecular weight excluding hydrogens is 1390 g/mol. The normalized spacial score (nSPS) is 26.6. The summed E-state index contributed by atoms with van der Waals surface area (Å²) in [5, 5.41) is 139. The average Bonchev–Trinajstić information content (AvgIpc) is 1.52. The highest BCUT2D eigenvalue weighted by atomic mass is 16.6. The monoisotopic (exact) mass is 1500 g/mol. The number of fused-ring (bicyclic) bond motifs is 5. The molecule has 0 aliphatic heterocycles. The van der Waals surface area contributed by atoms with Crippen LogP contribution in [0.4, 0.5) is 4.79 Å². The van der Waals surface area contributed by atoms with Crippen molar-refractivity contribution in [1.82, 2.24) is 45.3 Å². The van der Waals surface area contributed by atoms with Gasteiger partial charge in [-0.05, 0) is 149 Å². The number of amides is 1. The second-order valence-electron chi connectivity index (χ2n) is 29.6. The summed E-state index contributed by atoms with van der Waals surface area (Å²) in [5.74, 6) is -13.8. The third-order valence-corrected chi connectivity index (χ3v) is 22.5. The molecule has 0 heterocycles. The minimum absolute atomic E-state index is 0.00650. The van der Waals surface area contributed by atoms with Crippen LogP contribution in [0.5, 0.6) is 0 Å². The molecule has 16 N–H and O–H groups in total. The second kappa shape index (κ2) is 43.1. The lowest BCUT2D eigenvalue weighted by molar-refractivity contribution is -0.207. The molecule has 5 fully saturated rings. The van der Waals surface area contributed by atoms with Crippen LogP contribution in [0.25, 0.3) is 0 Å². The van der Waals surface area contributed by atoms with Gasteiger partial charge in [0.05, 0.1) is 90.2 Å². The van der Waals surface area contributed by atoms with E-state index in [9.17, 15) is 124 Å². The van der Waals surface area contributed by atoms with Crippen molar-refractivity contribution in [2.24, 2.45) is 46.3 Å². The quantitative estimate of drug-likeness (QED) is 0.0280. The van der Waals surface area contributed by atoms with Gasteiger partial charge in [-0.2, -0.15) is 0 Å². The molecule has 5 aliphatic carbocycles. The molecule has 105 heavy (non-hydrogen) atoms. The Labute approximate surface area is 609 Å². The number of alkyl carbamates (subject to hydrolysis) is 1. The Morgan fingerprint density at radius 2 is 0.867 bits per heavy atom. The lowest BCUT2D eigenvalue weighted by Crippen LogP contribution is -2.62. The van der Waals surface area contributed by atoms with Gasteiger partial charge in [0.1, 0.15) is 18.2 Å². The molecule has 1 amide bonds. The second-order valence-corrected chi connectivity index (χ2v) is 29.6. The van der Waals surface area contributed by atoms with Crippen molar-refractivity contribution in [2.45, 2.75) is 179 Å². The minimum atomic E-state index is -1.33. The Morgan fingerprint density at radius 3 is 1.24 bits per heavy atom. The van der Waals surface area contributed by atoms with Crippen LogP contribution in [0.15, 0.2) is 0 Å². The van der Waals surface area contributed by atoms with Gasteiger partial charge in [-0.25, -0.2) is 4.79 Å². The largest absolute Gasteiger partial charge is 0.481 e. The van der Waals surface area contributed by atoms with Gasteiger partial charge in [-0.3, -0.25) is 92.8 Å². The number of aliphatic carboxylic acids is 11. The summed E-state index contributed by atoms with van der Waals surface area (Å²) in [6, 6.07) is -2.99. The van der Waals surface area contributed by atoms with E-state index in [-0.39, 0.29) is 139 Å². The van der Waals surface area contributed by atoms with Crippen molar-refractivity contribution in [3.63, 3.8) is 0 Å². The number of hydrogen-bond acceptors (Lipinski definition) is 25. The van der Waals surface area contributed by atoms with Gasteiger partial charge in [0, 0.05) is 64.8 Å². The Hall–Kier alpha value is -7.04. The third-order valence-electron chi connectivity index (χ3n) is 22.5. The van der Waals surface area contributed by atoms with Crippen molar-refractivity contribution in [2.75, 3.05) is 131 Å². The van der Waals surface area contributed by atoms with Gasteiger partial charge in [0.15, 0.2) is 0 Å². The van der Waals surface area contributed by atoms with Crippen LogP contribution in [0.2, 0.25) is 0 Å². The molecule has 598 valence electrons. The zero-order valence-electron chi connectivity index (χ0n) is 60.4. The Bertz CT molecular complexity index is 2630. The molecule has 37 heteroatoms. The van der Waals surface area contributed by atoms with Crippen LogP contribution in [0.3, 0.4) is 0 Å². The van der Waals surface area contributed by atoms with Gasteiger partial charge in [0.2, 0.25) is 0 Å². The first-order chi connectivity index (χ1) is 49.5. The Morgan fingerprint density at radius 1 is 0.467 bits per heavy atom. The van der Waals surface area contributed by atoms with Crippen LogP contribution >= 0.6 is 0 Å². The number of rotatable bonds is 54. The van der Waals surface area contributed by atoms with Gasteiger partial charge < -0.3 is 85.9 Å². The fourth-order valence-corrected chi connectivity index (χ4v) is 17.4. The molecular formula is C68H113N9O28. The highest BCUT2D eigenvalue weighted by molar-refractivity contribution is 5.76. The fraction of sp³-hybridized carbons (Fsp3) is 0.824. The van der Waals surface area contributed by atoms with Gasteiger partial charge in [-0.1, -0.05) is 33.6 Å². The molecule has 5 aliphatic rings. The number of nitrogens with zero attached hydrogens (tertiary/aromatic N) is 6. The zero-order chi connectivity index (χ0) is 77.9. The SMILES string of the molecule is CC(CCC(=O)O)[C@H]1CCC2C3C(CC(O)[C@@]21C)[C@@]1(C)CC[C@@H](OC(=O)NC2CC(OCNCCCC[C@@H](C(=O)O)N(CCN(CC(=O)O)CC(=O)O)CCN(CC(=O)O)CC(=O)O)C(OCNCCCC[C@@H](C(=O)O)N(CCN(CC(=O)O)CC(=O)O)CCN(CC(=O)O)CC(=O)O)C2)C[C@H]1C[C@H]3O. The maximum absolute atomic E-state index is 13.9. The number of carbonyl (C=O) groups is 12. The highest BCUT2D eigenvalue weighted by Gasteiger charge is 2.66. The lowest BCUT2D eigenvalue weighted by atomic mass is 9.43. The van der Waals surface area contributed by atoms with Crippen molar-refractivity contribution in [1.29, 1.82) is 0 Å². The first-order valence-corrected chi connectivity index (χ1v) is 36.3. The molecule has 5 saturated carbocycles. The van der Waals surface area contributed by atoms with Crippen molar-refractivity contribution in [3.8, 4) is 0 Å². The average molecular weight is 1500 g/mol. The Balaban J connectivity index is 1.23. The van der Waals surface area contributed by atoms with Crippen LogP contribution in [0, 0.1) is 46.3 Å². The zero-order valence-corrected chi connectivity index (χ0v) is 60.4. The molecule has 0 saturated heterocycles. The number of aliphatic hydroxyl groups excluding tert-OH is 2. The van der Waals surface area contributed by atoms with E-state index in [0.29, 0.717) is 77.3 Å². The summed E-state index contributed by atoms with van der Waals surface area (Å²) < 4.78 is 18.8. The van der Waals surface area contributed by atoms with E-state index < -0.39 is 178 Å². The van der Waals surface area contributed by atoms with E-state index >= 15 is 0 Å². The van der Waals surface area contributed by atoms with Crippen LogP contribution in [-0.2, 0) is 67.0 Å². The molecule has 37 nitrogen and oxygen atoms in total. The molecule has 0 aromatic rings. The smallest absolute Gasteiger partial charge is 0.407 e. The number of ether oxygens (including phenoxy) is 3. The summed E-state index contributed by atoms with van der Waals surface area (Å²) in [7, 11) is 0. The van der Waals surface area contributed by atoms with Crippen molar-refractivity contribution in [3.05, 3.63) is 0 Å². The molecule has 7 unspecified atom stereocenters. The summed E-state index contributed by atoms with van der Waals surface area (Å²) >= 11 is 0. The highest BCUT2D eigenvalue weighted by Crippen LogP contribution is 2.68. The molecule has 0 bridgehead atoms. The van der Waals surface area contributed by atoms with E-state index in [1.54, 1.807) is 0 Å². The fourth-order valence-electron chi connectivity index (χ4n) is 17.4. The van der Waals surface area contributed by atoms with Gasteiger partial charge in [0.25, 0.3) is 0 Å². The maximum Gasteiger partial charge on any atom is 0.407 e. The van der Waals surface area contributed by atoms with Crippen LogP contribution in [-0.4, -0.2) is 347 Å².